The van der Waals surface area contributed by atoms with Crippen molar-refractivity contribution in [3.63, 3.8) is 0 Å². The highest BCUT2D eigenvalue weighted by Crippen LogP contribution is 2.39. The van der Waals surface area contributed by atoms with Crippen molar-refractivity contribution in [1.29, 1.82) is 0 Å². The van der Waals surface area contributed by atoms with Crippen molar-refractivity contribution in [2.24, 2.45) is 0 Å². The second kappa shape index (κ2) is 11.6. The first-order valence-electron chi connectivity index (χ1n) is 13.3. The molecule has 2 saturated heterocycles. The Morgan fingerprint density at radius 3 is 2.03 bits per heavy atom. The minimum atomic E-state index is -0.165. The molecular formula is C32H34O5. The zero-order valence-corrected chi connectivity index (χ0v) is 21.0. The molecule has 0 aliphatic carbocycles. The fourth-order valence-corrected chi connectivity index (χ4v) is 5.50. The number of hydrogen-bond acceptors (Lipinski definition) is 5. The van der Waals surface area contributed by atoms with Crippen LogP contribution in [0.3, 0.4) is 0 Å². The number of ether oxygens (including phenoxy) is 5. The van der Waals surface area contributed by atoms with Gasteiger partial charge in [0.05, 0.1) is 44.2 Å². The second-order valence-electron chi connectivity index (χ2n) is 10.1. The third kappa shape index (κ3) is 5.97. The van der Waals surface area contributed by atoms with E-state index in [0.717, 1.165) is 41.7 Å². The van der Waals surface area contributed by atoms with Crippen LogP contribution >= 0.6 is 0 Å². The van der Waals surface area contributed by atoms with Gasteiger partial charge in [-0.3, -0.25) is 0 Å². The van der Waals surface area contributed by atoms with Gasteiger partial charge in [0, 0.05) is 18.4 Å². The summed E-state index contributed by atoms with van der Waals surface area (Å²) in [5, 5.41) is 0. The Hall–Kier alpha value is -2.96. The number of benzene rings is 3. The molecule has 2 fully saturated rings. The highest BCUT2D eigenvalue weighted by molar-refractivity contribution is 5.60. The first-order chi connectivity index (χ1) is 18.3. The molecule has 6 atom stereocenters. The maximum absolute atomic E-state index is 6.64. The van der Waals surface area contributed by atoms with Gasteiger partial charge >= 0.3 is 0 Å². The Bertz CT molecular complexity index is 1150. The summed E-state index contributed by atoms with van der Waals surface area (Å²) in [6.07, 6.45) is 4.29. The van der Waals surface area contributed by atoms with Crippen LogP contribution in [0.25, 0.3) is 5.76 Å². The third-order valence-electron chi connectivity index (χ3n) is 7.45. The number of hydrogen-bond donors (Lipinski definition) is 0. The van der Waals surface area contributed by atoms with Gasteiger partial charge in [0.1, 0.15) is 18.0 Å². The Balaban J connectivity index is 1.12. The van der Waals surface area contributed by atoms with E-state index in [1.807, 2.05) is 54.6 Å². The van der Waals surface area contributed by atoms with Crippen LogP contribution in [0.2, 0.25) is 0 Å². The van der Waals surface area contributed by atoms with Crippen molar-refractivity contribution in [3.8, 4) is 0 Å². The molecule has 0 saturated carbocycles. The van der Waals surface area contributed by atoms with Crippen LogP contribution in [-0.2, 0) is 36.9 Å². The second-order valence-corrected chi connectivity index (χ2v) is 10.1. The molecule has 3 aliphatic rings. The van der Waals surface area contributed by atoms with Crippen molar-refractivity contribution in [2.45, 2.75) is 69.1 Å². The molecule has 0 spiro atoms. The summed E-state index contributed by atoms with van der Waals surface area (Å²) in [6, 6.07) is 30.8. The van der Waals surface area contributed by atoms with Crippen LogP contribution in [0.15, 0.2) is 97.1 Å². The molecule has 3 aromatic carbocycles. The number of rotatable bonds is 8. The van der Waals surface area contributed by atoms with Crippen molar-refractivity contribution >= 4 is 5.76 Å². The van der Waals surface area contributed by atoms with Crippen LogP contribution < -0.4 is 0 Å². The Kier molecular flexibility index (Phi) is 7.65. The summed E-state index contributed by atoms with van der Waals surface area (Å²) in [7, 11) is 0. The lowest BCUT2D eigenvalue weighted by Gasteiger charge is -2.48. The Morgan fingerprint density at radius 1 is 0.649 bits per heavy atom. The van der Waals surface area contributed by atoms with Gasteiger partial charge in [-0.25, -0.2) is 0 Å². The van der Waals surface area contributed by atoms with Crippen molar-refractivity contribution in [1.82, 2.24) is 0 Å². The minimum Gasteiger partial charge on any atom is -0.487 e. The lowest BCUT2D eigenvalue weighted by molar-refractivity contribution is -0.258. The Labute approximate surface area is 219 Å². The first kappa shape index (κ1) is 24.4. The van der Waals surface area contributed by atoms with E-state index in [1.165, 1.54) is 0 Å². The molecule has 0 bridgehead atoms. The average molecular weight is 499 g/mol. The van der Waals surface area contributed by atoms with E-state index in [1.54, 1.807) is 0 Å². The van der Waals surface area contributed by atoms with Gasteiger partial charge in [-0.05, 0) is 23.6 Å². The fraction of sp³-hybridized carbons (Fsp3) is 0.375. The molecule has 3 aromatic rings. The molecular weight excluding hydrogens is 464 g/mol. The van der Waals surface area contributed by atoms with Crippen molar-refractivity contribution < 1.29 is 23.7 Å². The first-order valence-corrected chi connectivity index (χ1v) is 13.3. The zero-order chi connectivity index (χ0) is 24.9. The maximum Gasteiger partial charge on any atom is 0.128 e. The molecule has 0 N–H and O–H groups in total. The monoisotopic (exact) mass is 498 g/mol. The third-order valence-corrected chi connectivity index (χ3v) is 7.45. The van der Waals surface area contributed by atoms with E-state index in [0.29, 0.717) is 19.8 Å². The van der Waals surface area contributed by atoms with E-state index in [4.69, 9.17) is 23.7 Å². The zero-order valence-electron chi connectivity index (χ0n) is 21.0. The van der Waals surface area contributed by atoms with Gasteiger partial charge in [-0.15, -0.1) is 0 Å². The van der Waals surface area contributed by atoms with Crippen LogP contribution in [0.4, 0.5) is 0 Å². The smallest absolute Gasteiger partial charge is 0.128 e. The largest absolute Gasteiger partial charge is 0.487 e. The molecule has 192 valence electrons. The predicted molar refractivity (Wildman–Crippen MR) is 142 cm³/mol. The van der Waals surface area contributed by atoms with Crippen LogP contribution in [0.1, 0.15) is 36.0 Å². The van der Waals surface area contributed by atoms with Gasteiger partial charge in [0.25, 0.3) is 0 Å². The van der Waals surface area contributed by atoms with Crippen molar-refractivity contribution in [3.05, 3.63) is 114 Å². The van der Waals surface area contributed by atoms with Crippen LogP contribution in [0, 0.1) is 0 Å². The van der Waals surface area contributed by atoms with E-state index in [-0.39, 0.29) is 36.6 Å². The van der Waals surface area contributed by atoms with Gasteiger partial charge in [-0.1, -0.05) is 91.0 Å². The fourth-order valence-electron chi connectivity index (χ4n) is 5.50. The number of fused-ring (bicyclic) bond motifs is 2. The molecule has 0 unspecified atom stereocenters. The highest BCUT2D eigenvalue weighted by atomic mass is 16.6. The van der Waals surface area contributed by atoms with Crippen molar-refractivity contribution in [2.75, 3.05) is 6.61 Å². The molecule has 0 aromatic heterocycles. The van der Waals surface area contributed by atoms with Gasteiger partial charge in [0.15, 0.2) is 0 Å². The molecule has 3 heterocycles. The SMILES string of the molecule is C1=C(c2ccccc2)O[C@@H]2C[C@@H]3O[C@H](COCc4ccccc4)[C@@H](OCc4ccccc4)C[C@H]3O[C@H]2C1. The van der Waals surface area contributed by atoms with Crippen LogP contribution in [0.5, 0.6) is 0 Å². The van der Waals surface area contributed by atoms with Gasteiger partial charge in [0.2, 0.25) is 0 Å². The molecule has 5 nitrogen and oxygen atoms in total. The Morgan fingerprint density at radius 2 is 1.30 bits per heavy atom. The normalized spacial score (nSPS) is 28.9. The van der Waals surface area contributed by atoms with Crippen LogP contribution in [-0.4, -0.2) is 43.2 Å². The summed E-state index contributed by atoms with van der Waals surface area (Å²) in [6.45, 7) is 1.57. The van der Waals surface area contributed by atoms with E-state index in [9.17, 15) is 0 Å². The molecule has 0 amide bonds. The summed E-state index contributed by atoms with van der Waals surface area (Å²) >= 11 is 0. The standard InChI is InChI=1S/C32H34O5/c1-4-10-23(11-5-1)20-33-22-32-28(34-21-24-12-6-2-7-13-24)18-30-31(37-32)19-29-27(36-30)17-16-26(35-29)25-14-8-3-9-15-25/h1-16,27-32H,17-22H2/t27-,28-,29+,30+,31-,32+/m0/s1. The van der Waals surface area contributed by atoms with E-state index in [2.05, 4.69) is 42.5 Å². The molecule has 3 aliphatic heterocycles. The van der Waals surface area contributed by atoms with E-state index < -0.39 is 0 Å². The summed E-state index contributed by atoms with van der Waals surface area (Å²) in [4.78, 5) is 0. The average Bonchev–Trinajstić information content (AvgIpc) is 2.96. The lowest BCUT2D eigenvalue weighted by atomic mass is 9.88. The molecule has 5 heteroatoms. The molecule has 0 radical (unpaired) electrons. The van der Waals surface area contributed by atoms with Gasteiger partial charge < -0.3 is 23.7 Å². The summed E-state index contributed by atoms with van der Waals surface area (Å²) in [5.74, 6) is 0.937. The quantitative estimate of drug-likeness (QED) is 0.385. The predicted octanol–water partition coefficient (Wildman–Crippen LogP) is 5.93. The maximum atomic E-state index is 6.64. The molecule has 37 heavy (non-hydrogen) atoms. The van der Waals surface area contributed by atoms with E-state index >= 15 is 0 Å². The molecule has 6 rings (SSSR count). The minimum absolute atomic E-state index is 0.0114. The highest BCUT2D eigenvalue weighted by Gasteiger charge is 2.47. The summed E-state index contributed by atoms with van der Waals surface area (Å²) < 4.78 is 32.2. The van der Waals surface area contributed by atoms with Gasteiger partial charge in [-0.2, -0.15) is 0 Å². The lowest BCUT2D eigenvalue weighted by Crippen LogP contribution is -2.57. The summed E-state index contributed by atoms with van der Waals surface area (Å²) in [5.41, 5.74) is 3.41. The topological polar surface area (TPSA) is 46.2 Å².